The molecule has 3 aromatic rings. The fourth-order valence-electron chi connectivity index (χ4n) is 2.09. The first-order valence-electron chi connectivity index (χ1n) is 6.11. The fourth-order valence-corrected chi connectivity index (χ4v) is 2.09. The van der Waals surface area contributed by atoms with Gasteiger partial charge in [-0.2, -0.15) is 0 Å². The number of aryl methyl sites for hydroxylation is 1. The molecule has 0 aliphatic heterocycles. The largest absolute Gasteiger partial charge is 0.504 e. The zero-order chi connectivity index (χ0) is 14.3. The highest BCUT2D eigenvalue weighted by molar-refractivity contribution is 5.84. The Balaban J connectivity index is 2.28. The lowest BCUT2D eigenvalue weighted by atomic mass is 10.0. The third-order valence-electron chi connectivity index (χ3n) is 3.23. The smallest absolute Gasteiger partial charge is 0.200 e. The third-order valence-corrected chi connectivity index (χ3v) is 3.23. The van der Waals surface area contributed by atoms with Crippen LogP contribution in [0.15, 0.2) is 51.9 Å². The minimum absolute atomic E-state index is 0.235. The summed E-state index contributed by atoms with van der Waals surface area (Å²) in [5, 5.41) is 19.2. The molecule has 100 valence electrons. The van der Waals surface area contributed by atoms with E-state index in [9.17, 15) is 15.0 Å². The Morgan fingerprint density at radius 1 is 1.00 bits per heavy atom. The van der Waals surface area contributed by atoms with Crippen LogP contribution in [0.3, 0.4) is 0 Å². The summed E-state index contributed by atoms with van der Waals surface area (Å²) in [6.07, 6.45) is 1.37. The number of phenols is 2. The van der Waals surface area contributed by atoms with Gasteiger partial charge in [-0.1, -0.05) is 29.8 Å². The van der Waals surface area contributed by atoms with Gasteiger partial charge in [-0.3, -0.25) is 4.79 Å². The number of benzene rings is 2. The molecule has 0 amide bonds. The zero-order valence-electron chi connectivity index (χ0n) is 10.8. The van der Waals surface area contributed by atoms with Crippen LogP contribution in [-0.2, 0) is 0 Å². The van der Waals surface area contributed by atoms with Crippen LogP contribution >= 0.6 is 0 Å². The highest BCUT2D eigenvalue weighted by Gasteiger charge is 2.11. The summed E-state index contributed by atoms with van der Waals surface area (Å²) < 4.78 is 5.37. The maximum absolute atomic E-state index is 12.4. The average Bonchev–Trinajstić information content (AvgIpc) is 2.43. The summed E-state index contributed by atoms with van der Waals surface area (Å²) in [6, 6.07) is 9.95. The molecular formula is C16H12O4. The lowest BCUT2D eigenvalue weighted by molar-refractivity contribution is 0.403. The molecule has 0 radical (unpaired) electrons. The van der Waals surface area contributed by atoms with E-state index in [0.717, 1.165) is 11.1 Å². The van der Waals surface area contributed by atoms with Gasteiger partial charge in [0.1, 0.15) is 11.8 Å². The summed E-state index contributed by atoms with van der Waals surface area (Å²) in [7, 11) is 0. The lowest BCUT2D eigenvalue weighted by Crippen LogP contribution is -2.04. The SMILES string of the molecule is Cc1ccc(-c2coc3cc(O)c(O)cc3c2=O)cc1. The summed E-state index contributed by atoms with van der Waals surface area (Å²) >= 11 is 0. The Bertz CT molecular complexity index is 845. The third kappa shape index (κ3) is 1.91. The molecule has 3 rings (SSSR count). The van der Waals surface area contributed by atoms with Gasteiger partial charge >= 0.3 is 0 Å². The number of hydrogen-bond acceptors (Lipinski definition) is 4. The van der Waals surface area contributed by atoms with E-state index in [1.54, 1.807) is 0 Å². The molecule has 2 N–H and O–H groups in total. The van der Waals surface area contributed by atoms with Crippen LogP contribution in [0.4, 0.5) is 0 Å². The van der Waals surface area contributed by atoms with Crippen molar-refractivity contribution in [3.05, 3.63) is 58.4 Å². The Kier molecular flexibility index (Phi) is 2.71. The maximum Gasteiger partial charge on any atom is 0.200 e. The second-order valence-corrected chi connectivity index (χ2v) is 4.68. The van der Waals surface area contributed by atoms with Crippen molar-refractivity contribution in [2.45, 2.75) is 6.92 Å². The first-order chi connectivity index (χ1) is 9.56. The highest BCUT2D eigenvalue weighted by atomic mass is 16.3. The van der Waals surface area contributed by atoms with Gasteiger partial charge in [-0.15, -0.1) is 0 Å². The van der Waals surface area contributed by atoms with E-state index in [-0.39, 0.29) is 27.9 Å². The first-order valence-corrected chi connectivity index (χ1v) is 6.11. The second kappa shape index (κ2) is 4.42. The number of hydrogen-bond donors (Lipinski definition) is 2. The molecular weight excluding hydrogens is 256 g/mol. The molecule has 0 unspecified atom stereocenters. The van der Waals surface area contributed by atoms with Gasteiger partial charge in [0.25, 0.3) is 0 Å². The van der Waals surface area contributed by atoms with Crippen molar-refractivity contribution in [2.75, 3.05) is 0 Å². The topological polar surface area (TPSA) is 70.7 Å². The summed E-state index contributed by atoms with van der Waals surface area (Å²) in [5.41, 5.74) is 2.26. The van der Waals surface area contributed by atoms with Gasteiger partial charge in [0, 0.05) is 6.07 Å². The van der Waals surface area contributed by atoms with Crippen LogP contribution in [0, 0.1) is 6.92 Å². The van der Waals surface area contributed by atoms with E-state index in [1.807, 2.05) is 31.2 Å². The number of fused-ring (bicyclic) bond motifs is 1. The molecule has 0 bridgehead atoms. The predicted octanol–water partition coefficient (Wildman–Crippen LogP) is 3.18. The van der Waals surface area contributed by atoms with Crippen LogP contribution in [-0.4, -0.2) is 10.2 Å². The number of rotatable bonds is 1. The average molecular weight is 268 g/mol. The predicted molar refractivity (Wildman–Crippen MR) is 76.0 cm³/mol. The van der Waals surface area contributed by atoms with Gasteiger partial charge in [0.05, 0.1) is 10.9 Å². The molecule has 0 aliphatic carbocycles. The van der Waals surface area contributed by atoms with Crippen LogP contribution in [0.1, 0.15) is 5.56 Å². The van der Waals surface area contributed by atoms with Crippen molar-refractivity contribution in [3.8, 4) is 22.6 Å². The monoisotopic (exact) mass is 268 g/mol. The van der Waals surface area contributed by atoms with E-state index in [1.165, 1.54) is 18.4 Å². The van der Waals surface area contributed by atoms with Crippen molar-refractivity contribution in [1.29, 1.82) is 0 Å². The Morgan fingerprint density at radius 2 is 1.65 bits per heavy atom. The van der Waals surface area contributed by atoms with E-state index in [0.29, 0.717) is 5.56 Å². The van der Waals surface area contributed by atoms with Crippen molar-refractivity contribution in [3.63, 3.8) is 0 Å². The minimum Gasteiger partial charge on any atom is -0.504 e. The fraction of sp³-hybridized carbons (Fsp3) is 0.0625. The quantitative estimate of drug-likeness (QED) is 0.665. The van der Waals surface area contributed by atoms with Crippen LogP contribution in [0.5, 0.6) is 11.5 Å². The summed E-state index contributed by atoms with van der Waals surface area (Å²) in [5.74, 6) is -0.658. The summed E-state index contributed by atoms with van der Waals surface area (Å²) in [4.78, 5) is 12.4. The van der Waals surface area contributed by atoms with Gasteiger partial charge in [0.15, 0.2) is 11.5 Å². The molecule has 2 aromatic carbocycles. The van der Waals surface area contributed by atoms with Gasteiger partial charge in [-0.05, 0) is 18.6 Å². The lowest BCUT2D eigenvalue weighted by Gasteiger charge is -2.04. The van der Waals surface area contributed by atoms with E-state index < -0.39 is 0 Å². The van der Waals surface area contributed by atoms with Crippen LogP contribution < -0.4 is 5.43 Å². The van der Waals surface area contributed by atoms with E-state index in [2.05, 4.69) is 0 Å². The zero-order valence-corrected chi connectivity index (χ0v) is 10.8. The molecule has 0 saturated heterocycles. The molecule has 1 heterocycles. The maximum atomic E-state index is 12.4. The van der Waals surface area contributed by atoms with Crippen LogP contribution in [0.2, 0.25) is 0 Å². The van der Waals surface area contributed by atoms with Crippen molar-refractivity contribution >= 4 is 11.0 Å². The van der Waals surface area contributed by atoms with Crippen molar-refractivity contribution in [2.24, 2.45) is 0 Å². The molecule has 0 atom stereocenters. The van der Waals surface area contributed by atoms with Crippen LogP contribution in [0.25, 0.3) is 22.1 Å². The normalized spacial score (nSPS) is 10.8. The first kappa shape index (κ1) is 12.3. The Hall–Kier alpha value is -2.75. The number of aromatic hydroxyl groups is 2. The Labute approximate surface area is 114 Å². The van der Waals surface area contributed by atoms with Gasteiger partial charge in [-0.25, -0.2) is 0 Å². The second-order valence-electron chi connectivity index (χ2n) is 4.68. The van der Waals surface area contributed by atoms with Crippen molar-refractivity contribution < 1.29 is 14.6 Å². The molecule has 4 nitrogen and oxygen atoms in total. The summed E-state index contributed by atoms with van der Waals surface area (Å²) in [6.45, 7) is 1.97. The Morgan fingerprint density at radius 3 is 2.35 bits per heavy atom. The van der Waals surface area contributed by atoms with E-state index in [4.69, 9.17) is 4.42 Å². The molecule has 0 saturated carbocycles. The molecule has 1 aromatic heterocycles. The number of phenolic OH excluding ortho intramolecular Hbond substituents is 2. The standard InChI is InChI=1S/C16H12O4/c1-9-2-4-10(5-3-9)12-8-20-15-7-14(18)13(17)6-11(15)16(12)19/h2-8,17-18H,1H3. The van der Waals surface area contributed by atoms with Gasteiger partial charge < -0.3 is 14.6 Å². The molecule has 0 aliphatic rings. The molecule has 20 heavy (non-hydrogen) atoms. The highest BCUT2D eigenvalue weighted by Crippen LogP contribution is 2.30. The van der Waals surface area contributed by atoms with Gasteiger partial charge in [0.2, 0.25) is 5.43 Å². The van der Waals surface area contributed by atoms with Crippen molar-refractivity contribution in [1.82, 2.24) is 0 Å². The molecule has 0 fully saturated rings. The molecule has 0 spiro atoms. The minimum atomic E-state index is -0.342. The molecule has 4 heteroatoms. The van der Waals surface area contributed by atoms with E-state index >= 15 is 0 Å².